The molecule has 0 radical (unpaired) electrons. The van der Waals surface area contributed by atoms with Crippen LogP contribution in [0.4, 0.5) is 5.82 Å². The van der Waals surface area contributed by atoms with E-state index in [4.69, 9.17) is 5.84 Å². The van der Waals surface area contributed by atoms with Gasteiger partial charge in [0.15, 0.2) is 5.82 Å². The predicted octanol–water partition coefficient (Wildman–Crippen LogP) is 0.373. The molecule has 0 fully saturated rings. The van der Waals surface area contributed by atoms with Crippen molar-refractivity contribution in [3.05, 3.63) is 41.9 Å². The van der Waals surface area contributed by atoms with Crippen molar-refractivity contribution in [3.8, 4) is 0 Å². The highest BCUT2D eigenvalue weighted by atomic mass is 16.2. The summed E-state index contributed by atoms with van der Waals surface area (Å²) in [5, 5.41) is 4.07. The van der Waals surface area contributed by atoms with Gasteiger partial charge < -0.3 is 10.3 Å². The summed E-state index contributed by atoms with van der Waals surface area (Å²) in [6, 6.07) is 3.39. The number of aromatic nitrogens is 3. The van der Waals surface area contributed by atoms with E-state index in [2.05, 4.69) is 15.5 Å². The molecule has 7 nitrogen and oxygen atoms in total. The summed E-state index contributed by atoms with van der Waals surface area (Å²) in [6.45, 7) is 0.478. The minimum atomic E-state index is -0.148. The van der Waals surface area contributed by atoms with Crippen LogP contribution in [0, 0.1) is 0 Å². The zero-order valence-corrected chi connectivity index (χ0v) is 10.9. The highest BCUT2D eigenvalue weighted by Gasteiger charge is 2.16. The number of nitrogen functional groups attached to an aromatic ring is 1. The van der Waals surface area contributed by atoms with Crippen molar-refractivity contribution in [2.45, 2.75) is 6.54 Å². The van der Waals surface area contributed by atoms with Crippen LogP contribution in [0.15, 0.2) is 30.7 Å². The molecule has 100 valence electrons. The molecule has 2 heterocycles. The SMILES string of the molecule is CN(Cc1cnn(C)c1)C(=O)c1cccnc1NN. The summed E-state index contributed by atoms with van der Waals surface area (Å²) < 4.78 is 1.70. The standard InChI is InChI=1S/C12H16N6O/c1-17(7-9-6-15-18(2)8-9)12(19)10-4-3-5-14-11(10)16-13/h3-6,8H,7,13H2,1-2H3,(H,14,16). The Hall–Kier alpha value is -2.41. The van der Waals surface area contributed by atoms with Crippen LogP contribution in [0.3, 0.4) is 0 Å². The van der Waals surface area contributed by atoms with Gasteiger partial charge in [-0.05, 0) is 12.1 Å². The number of anilines is 1. The topological polar surface area (TPSA) is 89.1 Å². The van der Waals surface area contributed by atoms with E-state index in [1.807, 2.05) is 13.2 Å². The van der Waals surface area contributed by atoms with E-state index in [0.29, 0.717) is 17.9 Å². The summed E-state index contributed by atoms with van der Waals surface area (Å²) >= 11 is 0. The summed E-state index contributed by atoms with van der Waals surface area (Å²) in [5.41, 5.74) is 3.83. The highest BCUT2D eigenvalue weighted by Crippen LogP contribution is 2.13. The summed E-state index contributed by atoms with van der Waals surface area (Å²) in [7, 11) is 3.56. The third kappa shape index (κ3) is 2.89. The molecule has 0 aliphatic rings. The lowest BCUT2D eigenvalue weighted by molar-refractivity contribution is 0.0785. The fourth-order valence-corrected chi connectivity index (χ4v) is 1.80. The van der Waals surface area contributed by atoms with Gasteiger partial charge >= 0.3 is 0 Å². The molecular weight excluding hydrogens is 244 g/mol. The normalized spacial score (nSPS) is 10.3. The van der Waals surface area contributed by atoms with Gasteiger partial charge in [-0.3, -0.25) is 9.48 Å². The van der Waals surface area contributed by atoms with Crippen molar-refractivity contribution in [1.29, 1.82) is 0 Å². The molecule has 2 aromatic rings. The quantitative estimate of drug-likeness (QED) is 0.612. The van der Waals surface area contributed by atoms with E-state index in [1.165, 1.54) is 0 Å². The molecule has 0 saturated heterocycles. The van der Waals surface area contributed by atoms with Crippen molar-refractivity contribution in [1.82, 2.24) is 19.7 Å². The first-order valence-electron chi connectivity index (χ1n) is 5.76. The van der Waals surface area contributed by atoms with Gasteiger partial charge in [0.05, 0.1) is 11.8 Å². The molecule has 0 aliphatic carbocycles. The van der Waals surface area contributed by atoms with Gasteiger partial charge in [-0.15, -0.1) is 0 Å². The number of nitrogens with two attached hydrogens (primary N) is 1. The first-order valence-corrected chi connectivity index (χ1v) is 5.76. The maximum Gasteiger partial charge on any atom is 0.257 e. The van der Waals surface area contributed by atoms with Gasteiger partial charge in [-0.25, -0.2) is 10.8 Å². The summed E-state index contributed by atoms with van der Waals surface area (Å²) in [6.07, 6.45) is 5.18. The number of hydrogen-bond donors (Lipinski definition) is 2. The molecule has 19 heavy (non-hydrogen) atoms. The van der Waals surface area contributed by atoms with E-state index in [0.717, 1.165) is 5.56 Å². The number of hydrazine groups is 1. The molecule has 0 spiro atoms. The van der Waals surface area contributed by atoms with Gasteiger partial charge in [-0.1, -0.05) is 0 Å². The molecule has 7 heteroatoms. The number of rotatable bonds is 4. The van der Waals surface area contributed by atoms with E-state index < -0.39 is 0 Å². The second-order valence-electron chi connectivity index (χ2n) is 4.23. The molecular formula is C12H16N6O. The van der Waals surface area contributed by atoms with Gasteiger partial charge in [0.1, 0.15) is 0 Å². The van der Waals surface area contributed by atoms with Crippen LogP contribution >= 0.6 is 0 Å². The Morgan fingerprint density at radius 2 is 2.37 bits per heavy atom. The maximum absolute atomic E-state index is 12.3. The largest absolute Gasteiger partial charge is 0.337 e. The Morgan fingerprint density at radius 1 is 1.58 bits per heavy atom. The lowest BCUT2D eigenvalue weighted by atomic mass is 10.2. The number of pyridine rings is 1. The van der Waals surface area contributed by atoms with Crippen LogP contribution in [0.2, 0.25) is 0 Å². The number of aryl methyl sites for hydroxylation is 1. The van der Waals surface area contributed by atoms with Crippen molar-refractivity contribution in [3.63, 3.8) is 0 Å². The van der Waals surface area contributed by atoms with E-state index in [1.54, 1.807) is 41.2 Å². The molecule has 2 aromatic heterocycles. The molecule has 1 amide bonds. The summed E-state index contributed by atoms with van der Waals surface area (Å²) in [4.78, 5) is 17.9. The molecule has 0 aliphatic heterocycles. The zero-order chi connectivity index (χ0) is 13.8. The van der Waals surface area contributed by atoms with Crippen molar-refractivity contribution in [2.75, 3.05) is 12.5 Å². The van der Waals surface area contributed by atoms with Crippen LogP contribution in [0.25, 0.3) is 0 Å². The van der Waals surface area contributed by atoms with Gasteiger partial charge in [0.2, 0.25) is 0 Å². The lowest BCUT2D eigenvalue weighted by Crippen LogP contribution is -2.27. The van der Waals surface area contributed by atoms with Gasteiger partial charge in [0.25, 0.3) is 5.91 Å². The molecule has 0 aromatic carbocycles. The monoisotopic (exact) mass is 260 g/mol. The Kier molecular flexibility index (Phi) is 3.76. The highest BCUT2D eigenvalue weighted by molar-refractivity contribution is 5.98. The van der Waals surface area contributed by atoms with E-state index in [-0.39, 0.29) is 5.91 Å². The number of carbonyl (C=O) groups excluding carboxylic acids is 1. The second-order valence-corrected chi connectivity index (χ2v) is 4.23. The zero-order valence-electron chi connectivity index (χ0n) is 10.9. The minimum Gasteiger partial charge on any atom is -0.337 e. The van der Waals surface area contributed by atoms with Gasteiger partial charge in [0, 0.05) is 38.6 Å². The molecule has 2 rings (SSSR count). The number of nitrogens with one attached hydrogen (secondary N) is 1. The fourth-order valence-electron chi connectivity index (χ4n) is 1.80. The van der Waals surface area contributed by atoms with Gasteiger partial charge in [-0.2, -0.15) is 5.10 Å². The summed E-state index contributed by atoms with van der Waals surface area (Å²) in [5.74, 6) is 5.57. The van der Waals surface area contributed by atoms with Crippen molar-refractivity contribution in [2.24, 2.45) is 12.9 Å². The van der Waals surface area contributed by atoms with Crippen LogP contribution in [-0.2, 0) is 13.6 Å². The number of carbonyl (C=O) groups is 1. The Bertz CT molecular complexity index is 579. The second kappa shape index (κ2) is 5.49. The first-order chi connectivity index (χ1) is 9.11. The number of hydrogen-bond acceptors (Lipinski definition) is 5. The lowest BCUT2D eigenvalue weighted by Gasteiger charge is -2.17. The Balaban J connectivity index is 2.14. The minimum absolute atomic E-state index is 0.148. The van der Waals surface area contributed by atoms with Crippen molar-refractivity contribution >= 4 is 11.7 Å². The van der Waals surface area contributed by atoms with Crippen LogP contribution < -0.4 is 11.3 Å². The predicted molar refractivity (Wildman–Crippen MR) is 71.1 cm³/mol. The molecule has 0 unspecified atom stereocenters. The number of nitrogens with zero attached hydrogens (tertiary/aromatic N) is 4. The fraction of sp³-hybridized carbons (Fsp3) is 0.250. The number of amides is 1. The molecule has 0 saturated carbocycles. The molecule has 0 bridgehead atoms. The average molecular weight is 260 g/mol. The Labute approximate surface area is 111 Å². The van der Waals surface area contributed by atoms with Crippen LogP contribution in [0.5, 0.6) is 0 Å². The third-order valence-electron chi connectivity index (χ3n) is 2.70. The molecule has 0 atom stereocenters. The Morgan fingerprint density at radius 3 is 3.00 bits per heavy atom. The molecule has 3 N–H and O–H groups in total. The smallest absolute Gasteiger partial charge is 0.257 e. The van der Waals surface area contributed by atoms with Crippen molar-refractivity contribution < 1.29 is 4.79 Å². The average Bonchev–Trinajstić information content (AvgIpc) is 2.83. The van der Waals surface area contributed by atoms with Crippen LogP contribution in [-0.4, -0.2) is 32.6 Å². The maximum atomic E-state index is 12.3. The van der Waals surface area contributed by atoms with E-state index in [9.17, 15) is 4.79 Å². The van der Waals surface area contributed by atoms with E-state index >= 15 is 0 Å². The van der Waals surface area contributed by atoms with Crippen LogP contribution in [0.1, 0.15) is 15.9 Å². The third-order valence-corrected chi connectivity index (χ3v) is 2.70. The first kappa shape index (κ1) is 13.0.